The Kier molecular flexibility index (Phi) is 2.97. The van der Waals surface area contributed by atoms with Gasteiger partial charge < -0.3 is 4.52 Å². The lowest BCUT2D eigenvalue weighted by atomic mass is 10.2. The molecule has 0 fully saturated rings. The summed E-state index contributed by atoms with van der Waals surface area (Å²) >= 11 is 0. The van der Waals surface area contributed by atoms with Crippen molar-refractivity contribution in [2.45, 2.75) is 6.92 Å². The summed E-state index contributed by atoms with van der Waals surface area (Å²) in [7, 11) is 1.77. The van der Waals surface area contributed by atoms with Gasteiger partial charge in [-0.2, -0.15) is 14.9 Å². The monoisotopic (exact) mass is 308 g/mol. The zero-order valence-electron chi connectivity index (χ0n) is 12.5. The summed E-state index contributed by atoms with van der Waals surface area (Å²) in [5.41, 5.74) is 3.02. The topological polar surface area (TPSA) is 100 Å². The summed E-state index contributed by atoms with van der Waals surface area (Å²) in [5, 5.41) is 20.3. The molecule has 4 rings (SSSR count). The van der Waals surface area contributed by atoms with Crippen LogP contribution in [0.1, 0.15) is 5.56 Å². The lowest BCUT2D eigenvalue weighted by Gasteiger charge is -1.99. The van der Waals surface area contributed by atoms with Crippen molar-refractivity contribution < 1.29 is 4.52 Å². The molecule has 0 saturated carbocycles. The van der Waals surface area contributed by atoms with E-state index < -0.39 is 0 Å². The maximum atomic E-state index is 5.23. The van der Waals surface area contributed by atoms with Gasteiger partial charge in [-0.15, -0.1) is 10.2 Å². The van der Waals surface area contributed by atoms with Crippen molar-refractivity contribution in [3.05, 3.63) is 42.2 Å². The third-order valence-corrected chi connectivity index (χ3v) is 3.20. The molecular weight excluding hydrogens is 296 g/mol. The van der Waals surface area contributed by atoms with Gasteiger partial charge in [0.2, 0.25) is 5.82 Å². The Bertz CT molecular complexity index is 966. The van der Waals surface area contributed by atoms with E-state index in [4.69, 9.17) is 4.52 Å². The predicted molar refractivity (Wildman–Crippen MR) is 79.4 cm³/mol. The molecule has 0 bridgehead atoms. The molecule has 3 heterocycles. The molecule has 0 amide bonds. The van der Waals surface area contributed by atoms with Gasteiger partial charge in [-0.25, -0.2) is 0 Å². The first-order valence-electron chi connectivity index (χ1n) is 6.89. The Hall–Kier alpha value is -3.36. The van der Waals surface area contributed by atoms with E-state index in [1.165, 1.54) is 4.80 Å². The molecular formula is C14H12N8O. The van der Waals surface area contributed by atoms with Crippen molar-refractivity contribution in [1.82, 2.24) is 40.1 Å². The van der Waals surface area contributed by atoms with Crippen LogP contribution in [0.2, 0.25) is 0 Å². The average molecular weight is 308 g/mol. The van der Waals surface area contributed by atoms with Crippen LogP contribution in [0.4, 0.5) is 0 Å². The highest BCUT2D eigenvalue weighted by atomic mass is 16.5. The minimum absolute atomic E-state index is 0.282. The maximum absolute atomic E-state index is 5.23. The Balaban J connectivity index is 1.66. The van der Waals surface area contributed by atoms with E-state index in [0.717, 1.165) is 11.3 Å². The molecule has 3 aromatic heterocycles. The van der Waals surface area contributed by atoms with Crippen molar-refractivity contribution in [1.29, 1.82) is 0 Å². The van der Waals surface area contributed by atoms with Crippen molar-refractivity contribution in [2.75, 3.05) is 0 Å². The zero-order chi connectivity index (χ0) is 15.8. The molecule has 23 heavy (non-hydrogen) atoms. The number of rotatable bonds is 3. The second-order valence-electron chi connectivity index (χ2n) is 5.06. The summed E-state index contributed by atoms with van der Waals surface area (Å²) in [6, 6.07) is 7.88. The Labute approximate surface area is 130 Å². The molecule has 0 spiro atoms. The molecule has 0 aliphatic carbocycles. The molecule has 9 heteroatoms. The summed E-state index contributed by atoms with van der Waals surface area (Å²) in [4.78, 5) is 5.80. The Morgan fingerprint density at radius 1 is 1.17 bits per heavy atom. The van der Waals surface area contributed by atoms with E-state index in [1.54, 1.807) is 24.1 Å². The first kappa shape index (κ1) is 13.3. The highest BCUT2D eigenvalue weighted by Gasteiger charge is 2.16. The van der Waals surface area contributed by atoms with Crippen LogP contribution in [-0.4, -0.2) is 40.1 Å². The van der Waals surface area contributed by atoms with Crippen LogP contribution in [0.3, 0.4) is 0 Å². The summed E-state index contributed by atoms with van der Waals surface area (Å²) in [5.74, 6) is 0.641. The first-order chi connectivity index (χ1) is 11.2. The van der Waals surface area contributed by atoms with Crippen LogP contribution >= 0.6 is 0 Å². The number of hydrogen-bond donors (Lipinski definition) is 0. The molecule has 0 unspecified atom stereocenters. The third kappa shape index (κ3) is 2.48. The van der Waals surface area contributed by atoms with Gasteiger partial charge in [0, 0.05) is 7.05 Å². The number of aryl methyl sites for hydroxylation is 2. The molecule has 4 aromatic rings. The lowest BCUT2D eigenvalue weighted by molar-refractivity contribution is 0.430. The second kappa shape index (κ2) is 5.13. The average Bonchev–Trinajstić information content (AvgIpc) is 3.26. The standard InChI is InChI=1S/C14H12N8O/c1-9-4-3-5-10(6-9)22-15-7-11(18-22)14-16-13(19-23-14)12-8-21(2)20-17-12/h3-8H,1-2H3. The highest BCUT2D eigenvalue weighted by molar-refractivity contribution is 5.52. The number of hydrogen-bond acceptors (Lipinski definition) is 7. The Morgan fingerprint density at radius 2 is 2.09 bits per heavy atom. The van der Waals surface area contributed by atoms with Gasteiger partial charge in [0.25, 0.3) is 5.89 Å². The van der Waals surface area contributed by atoms with Gasteiger partial charge in [0.15, 0.2) is 11.4 Å². The molecule has 9 nitrogen and oxygen atoms in total. The molecule has 0 N–H and O–H groups in total. The predicted octanol–water partition coefficient (Wildman–Crippen LogP) is 1.42. The van der Waals surface area contributed by atoms with Gasteiger partial charge in [-0.05, 0) is 24.6 Å². The SMILES string of the molecule is Cc1cccc(-n2ncc(-c3nc(-c4cn(C)nn4)no3)n2)c1. The van der Waals surface area contributed by atoms with Gasteiger partial charge >= 0.3 is 0 Å². The fourth-order valence-corrected chi connectivity index (χ4v) is 2.12. The zero-order valence-corrected chi connectivity index (χ0v) is 12.5. The van der Waals surface area contributed by atoms with Crippen molar-refractivity contribution in [3.8, 4) is 28.8 Å². The molecule has 0 radical (unpaired) electrons. The molecule has 0 saturated heterocycles. The number of benzene rings is 1. The summed E-state index contributed by atoms with van der Waals surface area (Å²) < 4.78 is 6.80. The molecule has 114 valence electrons. The number of aromatic nitrogens is 8. The molecule has 1 aromatic carbocycles. The number of nitrogens with zero attached hydrogens (tertiary/aromatic N) is 8. The molecule has 0 atom stereocenters. The van der Waals surface area contributed by atoms with E-state index >= 15 is 0 Å². The van der Waals surface area contributed by atoms with E-state index in [0.29, 0.717) is 17.2 Å². The quantitative estimate of drug-likeness (QED) is 0.564. The minimum Gasteiger partial charge on any atom is -0.332 e. The van der Waals surface area contributed by atoms with Gasteiger partial charge in [-0.3, -0.25) is 4.68 Å². The second-order valence-corrected chi connectivity index (χ2v) is 5.06. The Morgan fingerprint density at radius 3 is 2.87 bits per heavy atom. The fraction of sp³-hybridized carbons (Fsp3) is 0.143. The van der Waals surface area contributed by atoms with Crippen LogP contribution in [0.25, 0.3) is 28.8 Å². The van der Waals surface area contributed by atoms with E-state index in [-0.39, 0.29) is 5.89 Å². The lowest BCUT2D eigenvalue weighted by Crippen LogP contribution is -1.98. The molecule has 0 aliphatic heterocycles. The summed E-state index contributed by atoms with van der Waals surface area (Å²) in [6.07, 6.45) is 3.29. The van der Waals surface area contributed by atoms with Crippen molar-refractivity contribution in [2.24, 2.45) is 7.05 Å². The minimum atomic E-state index is 0.282. The van der Waals surface area contributed by atoms with Gasteiger partial charge in [0.1, 0.15) is 0 Å². The smallest absolute Gasteiger partial charge is 0.280 e. The van der Waals surface area contributed by atoms with E-state index in [9.17, 15) is 0 Å². The first-order valence-corrected chi connectivity index (χ1v) is 6.89. The van der Waals surface area contributed by atoms with Gasteiger partial charge in [0.05, 0.1) is 18.1 Å². The van der Waals surface area contributed by atoms with E-state index in [2.05, 4.69) is 30.7 Å². The van der Waals surface area contributed by atoms with Crippen LogP contribution in [-0.2, 0) is 7.05 Å². The van der Waals surface area contributed by atoms with Crippen LogP contribution in [0.5, 0.6) is 0 Å². The highest BCUT2D eigenvalue weighted by Crippen LogP contribution is 2.19. The molecule has 0 aliphatic rings. The van der Waals surface area contributed by atoms with Crippen molar-refractivity contribution in [3.63, 3.8) is 0 Å². The summed E-state index contributed by atoms with van der Waals surface area (Å²) in [6.45, 7) is 2.01. The normalized spacial score (nSPS) is 11.0. The maximum Gasteiger partial charge on any atom is 0.280 e. The van der Waals surface area contributed by atoms with Crippen LogP contribution in [0, 0.1) is 6.92 Å². The van der Waals surface area contributed by atoms with Crippen LogP contribution < -0.4 is 0 Å². The fourth-order valence-electron chi connectivity index (χ4n) is 2.12. The largest absolute Gasteiger partial charge is 0.332 e. The third-order valence-electron chi connectivity index (χ3n) is 3.20. The van der Waals surface area contributed by atoms with E-state index in [1.807, 2.05) is 31.2 Å². The van der Waals surface area contributed by atoms with Crippen molar-refractivity contribution >= 4 is 0 Å². The van der Waals surface area contributed by atoms with Crippen LogP contribution in [0.15, 0.2) is 41.2 Å². The van der Waals surface area contributed by atoms with Gasteiger partial charge in [-0.1, -0.05) is 22.5 Å².